The van der Waals surface area contributed by atoms with Crippen LogP contribution in [0.3, 0.4) is 0 Å². The van der Waals surface area contributed by atoms with Crippen LogP contribution < -0.4 is 10.6 Å². The topological polar surface area (TPSA) is 54.0 Å². The first-order valence-corrected chi connectivity index (χ1v) is 8.18. The van der Waals surface area contributed by atoms with E-state index in [1.54, 1.807) is 12.3 Å². The Morgan fingerprint density at radius 3 is 2.48 bits per heavy atom. The van der Waals surface area contributed by atoms with E-state index in [-0.39, 0.29) is 5.91 Å². The Morgan fingerprint density at radius 1 is 1.04 bits per heavy atom. The number of carbonyl (C=O) groups is 1. The maximum absolute atomic E-state index is 12.4. The van der Waals surface area contributed by atoms with Gasteiger partial charge in [-0.05, 0) is 55.7 Å². The van der Waals surface area contributed by atoms with Crippen molar-refractivity contribution in [2.75, 3.05) is 17.2 Å². The van der Waals surface area contributed by atoms with E-state index in [1.807, 2.05) is 32.0 Å². The van der Waals surface area contributed by atoms with Crippen LogP contribution in [0.15, 0.2) is 36.5 Å². The smallest absolute Gasteiger partial charge is 0.274 e. The van der Waals surface area contributed by atoms with Crippen molar-refractivity contribution in [3.63, 3.8) is 0 Å². The molecule has 4 nitrogen and oxygen atoms in total. The van der Waals surface area contributed by atoms with Gasteiger partial charge >= 0.3 is 0 Å². The van der Waals surface area contributed by atoms with Crippen LogP contribution in [0.2, 0.25) is 0 Å². The van der Waals surface area contributed by atoms with Crippen LogP contribution in [-0.2, 0) is 0 Å². The summed E-state index contributed by atoms with van der Waals surface area (Å²) in [7, 11) is 0. The molecule has 0 saturated carbocycles. The largest absolute Gasteiger partial charge is 0.385 e. The summed E-state index contributed by atoms with van der Waals surface area (Å²) in [5.41, 5.74) is 4.40. The molecule has 1 aromatic heterocycles. The average Bonchev–Trinajstić information content (AvgIpc) is 2.51. The summed E-state index contributed by atoms with van der Waals surface area (Å²) in [4.78, 5) is 16.5. The molecule has 4 heteroatoms. The lowest BCUT2D eigenvalue weighted by Crippen LogP contribution is -2.14. The predicted octanol–water partition coefficient (Wildman–Crippen LogP) is 4.55. The molecule has 1 amide bonds. The third-order valence-corrected chi connectivity index (χ3v) is 3.58. The molecule has 0 radical (unpaired) electrons. The zero-order valence-corrected chi connectivity index (χ0v) is 14.1. The highest BCUT2D eigenvalue weighted by Crippen LogP contribution is 2.15. The fourth-order valence-electron chi connectivity index (χ4n) is 2.51. The molecule has 0 atom stereocenters. The second-order valence-electron chi connectivity index (χ2n) is 5.89. The molecule has 0 saturated heterocycles. The number of hydrogen-bond donors (Lipinski definition) is 2. The molecular weight excluding hydrogens is 286 g/mol. The summed E-state index contributed by atoms with van der Waals surface area (Å²) in [6.45, 7) is 7.13. The van der Waals surface area contributed by atoms with Crippen LogP contribution in [0.5, 0.6) is 0 Å². The van der Waals surface area contributed by atoms with E-state index < -0.39 is 0 Å². The van der Waals surface area contributed by atoms with Crippen LogP contribution in [-0.4, -0.2) is 17.4 Å². The van der Waals surface area contributed by atoms with Crippen molar-refractivity contribution in [1.29, 1.82) is 0 Å². The first-order chi connectivity index (χ1) is 11.1. The van der Waals surface area contributed by atoms with Gasteiger partial charge in [-0.15, -0.1) is 0 Å². The van der Waals surface area contributed by atoms with Crippen molar-refractivity contribution in [1.82, 2.24) is 4.98 Å². The summed E-state index contributed by atoms with van der Waals surface area (Å²) < 4.78 is 0. The molecule has 122 valence electrons. The van der Waals surface area contributed by atoms with E-state index >= 15 is 0 Å². The summed E-state index contributed by atoms with van der Waals surface area (Å²) in [6, 6.07) is 9.67. The van der Waals surface area contributed by atoms with E-state index in [9.17, 15) is 4.79 Å². The van der Waals surface area contributed by atoms with Crippen LogP contribution in [0, 0.1) is 13.8 Å². The fourth-order valence-corrected chi connectivity index (χ4v) is 2.51. The molecule has 0 aliphatic rings. The lowest BCUT2D eigenvalue weighted by atomic mass is 10.1. The van der Waals surface area contributed by atoms with Gasteiger partial charge in [0.15, 0.2) is 0 Å². The SMILES string of the molecule is CCCCCNc1ccnc(C(=O)Nc2cc(C)cc(C)c2)c1. The van der Waals surface area contributed by atoms with E-state index in [4.69, 9.17) is 0 Å². The van der Waals surface area contributed by atoms with Gasteiger partial charge in [0.2, 0.25) is 0 Å². The molecule has 0 spiro atoms. The predicted molar refractivity (Wildman–Crippen MR) is 96.1 cm³/mol. The molecule has 0 aliphatic heterocycles. The molecule has 1 heterocycles. The van der Waals surface area contributed by atoms with Gasteiger partial charge in [-0.1, -0.05) is 25.8 Å². The highest BCUT2D eigenvalue weighted by atomic mass is 16.1. The first-order valence-electron chi connectivity index (χ1n) is 8.18. The standard InChI is InChI=1S/C19H25N3O/c1-4-5-6-8-20-16-7-9-21-18(13-16)19(23)22-17-11-14(2)10-15(3)12-17/h7,9-13H,4-6,8H2,1-3H3,(H,20,21)(H,22,23). The molecule has 0 bridgehead atoms. The van der Waals surface area contributed by atoms with Crippen molar-refractivity contribution < 1.29 is 4.79 Å². The molecule has 2 aromatic rings. The highest BCUT2D eigenvalue weighted by Gasteiger charge is 2.09. The van der Waals surface area contributed by atoms with Crippen molar-refractivity contribution in [2.45, 2.75) is 40.0 Å². The third kappa shape index (κ3) is 5.40. The van der Waals surface area contributed by atoms with Crippen LogP contribution in [0.4, 0.5) is 11.4 Å². The van der Waals surface area contributed by atoms with Crippen LogP contribution in [0.25, 0.3) is 0 Å². The molecule has 2 N–H and O–H groups in total. The van der Waals surface area contributed by atoms with Gasteiger partial charge in [0, 0.05) is 24.1 Å². The van der Waals surface area contributed by atoms with Gasteiger partial charge in [0.1, 0.15) is 5.69 Å². The van der Waals surface area contributed by atoms with Crippen molar-refractivity contribution >= 4 is 17.3 Å². The number of unbranched alkanes of at least 4 members (excludes halogenated alkanes) is 2. The first kappa shape index (κ1) is 17.0. The molecule has 2 rings (SSSR count). The fraction of sp³-hybridized carbons (Fsp3) is 0.368. The van der Waals surface area contributed by atoms with E-state index in [0.29, 0.717) is 5.69 Å². The molecule has 1 aromatic carbocycles. The number of nitrogens with zero attached hydrogens (tertiary/aromatic N) is 1. The Bertz CT molecular complexity index is 647. The average molecular weight is 311 g/mol. The minimum absolute atomic E-state index is 0.188. The second kappa shape index (κ2) is 8.32. The Balaban J connectivity index is 2.01. The Kier molecular flexibility index (Phi) is 6.15. The number of pyridine rings is 1. The van der Waals surface area contributed by atoms with Crippen LogP contribution in [0.1, 0.15) is 47.8 Å². The van der Waals surface area contributed by atoms with E-state index in [0.717, 1.165) is 35.5 Å². The minimum atomic E-state index is -0.188. The third-order valence-electron chi connectivity index (χ3n) is 3.58. The number of amides is 1. The Morgan fingerprint density at radius 2 is 1.78 bits per heavy atom. The number of carbonyl (C=O) groups excluding carboxylic acids is 1. The second-order valence-corrected chi connectivity index (χ2v) is 5.89. The zero-order chi connectivity index (χ0) is 16.7. The van der Waals surface area contributed by atoms with Gasteiger partial charge in [0.25, 0.3) is 5.91 Å². The lowest BCUT2D eigenvalue weighted by Gasteiger charge is -2.09. The number of hydrogen-bond acceptors (Lipinski definition) is 3. The summed E-state index contributed by atoms with van der Waals surface area (Å²) >= 11 is 0. The number of aromatic nitrogens is 1. The van der Waals surface area contributed by atoms with E-state index in [1.165, 1.54) is 12.8 Å². The molecule has 0 unspecified atom stereocenters. The van der Waals surface area contributed by atoms with Crippen molar-refractivity contribution in [2.24, 2.45) is 0 Å². The summed E-state index contributed by atoms with van der Waals surface area (Å²) in [5.74, 6) is -0.188. The lowest BCUT2D eigenvalue weighted by molar-refractivity contribution is 0.102. The Labute approximate surface area is 138 Å². The number of rotatable bonds is 7. The highest BCUT2D eigenvalue weighted by molar-refractivity contribution is 6.03. The molecular formula is C19H25N3O. The number of benzene rings is 1. The number of aryl methyl sites for hydroxylation is 2. The van der Waals surface area contributed by atoms with Gasteiger partial charge in [0.05, 0.1) is 0 Å². The maximum Gasteiger partial charge on any atom is 0.274 e. The normalized spacial score (nSPS) is 10.4. The van der Waals surface area contributed by atoms with Crippen molar-refractivity contribution in [3.05, 3.63) is 53.3 Å². The number of nitrogens with one attached hydrogen (secondary N) is 2. The quantitative estimate of drug-likeness (QED) is 0.737. The molecule has 0 aliphatic carbocycles. The maximum atomic E-state index is 12.4. The molecule has 23 heavy (non-hydrogen) atoms. The van der Waals surface area contributed by atoms with Crippen molar-refractivity contribution in [3.8, 4) is 0 Å². The summed E-state index contributed by atoms with van der Waals surface area (Å²) in [5, 5.41) is 6.25. The van der Waals surface area contributed by atoms with Gasteiger partial charge in [-0.25, -0.2) is 0 Å². The van der Waals surface area contributed by atoms with Gasteiger partial charge in [-0.3, -0.25) is 9.78 Å². The zero-order valence-electron chi connectivity index (χ0n) is 14.1. The van der Waals surface area contributed by atoms with Gasteiger partial charge in [-0.2, -0.15) is 0 Å². The Hall–Kier alpha value is -2.36. The minimum Gasteiger partial charge on any atom is -0.385 e. The number of anilines is 2. The van der Waals surface area contributed by atoms with E-state index in [2.05, 4.69) is 28.6 Å². The summed E-state index contributed by atoms with van der Waals surface area (Å²) in [6.07, 6.45) is 5.20. The molecule has 0 fully saturated rings. The van der Waals surface area contributed by atoms with Gasteiger partial charge < -0.3 is 10.6 Å². The monoisotopic (exact) mass is 311 g/mol. The van der Waals surface area contributed by atoms with Crippen LogP contribution >= 0.6 is 0 Å².